The Morgan fingerprint density at radius 3 is 2.71 bits per heavy atom. The summed E-state index contributed by atoms with van der Waals surface area (Å²) < 4.78 is 10.5. The molecule has 128 valence electrons. The number of rotatable bonds is 7. The maximum absolute atomic E-state index is 5.92. The third kappa shape index (κ3) is 4.87. The van der Waals surface area contributed by atoms with Crippen molar-refractivity contribution in [3.63, 3.8) is 0 Å². The molecule has 1 aromatic carbocycles. The number of nitrogens with one attached hydrogen (secondary N) is 1. The number of hydrogen-bond donors (Lipinski definition) is 2. The number of ether oxygens (including phenoxy) is 2. The van der Waals surface area contributed by atoms with Gasteiger partial charge in [0.2, 0.25) is 0 Å². The molecule has 3 N–H and O–H groups in total. The lowest BCUT2D eigenvalue weighted by atomic mass is 10.1. The van der Waals surface area contributed by atoms with Gasteiger partial charge in [0.15, 0.2) is 17.5 Å². The standard InChI is InChI=1S/C18H24N4O2/c1-13-11-20-8-6-15(13)7-9-21-18(19)22-12-14-4-5-16(23-2)17(10-14)24-3/h4-6,8,10-11H,7,9,12H2,1-3H3,(H3,19,21,22). The molecule has 1 heterocycles. The number of aromatic nitrogens is 1. The van der Waals surface area contributed by atoms with Crippen molar-refractivity contribution >= 4 is 5.96 Å². The van der Waals surface area contributed by atoms with Crippen molar-refractivity contribution in [3.8, 4) is 11.5 Å². The Balaban J connectivity index is 1.86. The highest BCUT2D eigenvalue weighted by Gasteiger charge is 2.04. The summed E-state index contributed by atoms with van der Waals surface area (Å²) in [6.07, 6.45) is 4.54. The van der Waals surface area contributed by atoms with Gasteiger partial charge >= 0.3 is 0 Å². The van der Waals surface area contributed by atoms with Gasteiger partial charge in [-0.25, -0.2) is 4.99 Å². The number of benzene rings is 1. The Bertz CT molecular complexity index is 701. The number of nitrogens with zero attached hydrogens (tertiary/aromatic N) is 2. The van der Waals surface area contributed by atoms with Crippen molar-refractivity contribution < 1.29 is 9.47 Å². The summed E-state index contributed by atoms with van der Waals surface area (Å²) in [6, 6.07) is 7.72. The monoisotopic (exact) mass is 328 g/mol. The van der Waals surface area contributed by atoms with Crippen LogP contribution in [0, 0.1) is 6.92 Å². The van der Waals surface area contributed by atoms with Crippen LogP contribution in [0.4, 0.5) is 0 Å². The number of guanidine groups is 1. The van der Waals surface area contributed by atoms with E-state index in [1.165, 1.54) is 11.1 Å². The van der Waals surface area contributed by atoms with Gasteiger partial charge in [0.1, 0.15) is 0 Å². The molecule has 0 amide bonds. The molecule has 0 aliphatic carbocycles. The minimum Gasteiger partial charge on any atom is -0.493 e. The number of aliphatic imine (C=N–C) groups is 1. The minimum atomic E-state index is 0.427. The Kier molecular flexibility index (Phi) is 6.42. The molecule has 0 aliphatic heterocycles. The molecule has 6 heteroatoms. The zero-order valence-corrected chi connectivity index (χ0v) is 14.4. The zero-order valence-electron chi connectivity index (χ0n) is 14.4. The van der Waals surface area contributed by atoms with Crippen LogP contribution in [0.1, 0.15) is 16.7 Å². The predicted molar refractivity (Wildman–Crippen MR) is 95.6 cm³/mol. The van der Waals surface area contributed by atoms with Gasteiger partial charge in [-0.2, -0.15) is 0 Å². The molecule has 0 bridgehead atoms. The first-order valence-corrected chi connectivity index (χ1v) is 7.78. The third-order valence-electron chi connectivity index (χ3n) is 3.72. The van der Waals surface area contributed by atoms with Crippen molar-refractivity contribution in [2.24, 2.45) is 10.7 Å². The molecule has 0 unspecified atom stereocenters. The Labute approximate surface area is 142 Å². The van der Waals surface area contributed by atoms with Gasteiger partial charge < -0.3 is 20.5 Å². The molecule has 2 aromatic rings. The molecular formula is C18H24N4O2. The van der Waals surface area contributed by atoms with E-state index in [1.807, 2.05) is 30.5 Å². The third-order valence-corrected chi connectivity index (χ3v) is 3.72. The number of methoxy groups -OCH3 is 2. The number of aryl methyl sites for hydroxylation is 1. The summed E-state index contributed by atoms with van der Waals surface area (Å²) >= 11 is 0. The molecule has 1 aromatic heterocycles. The van der Waals surface area contributed by atoms with E-state index in [0.717, 1.165) is 18.5 Å². The molecular weight excluding hydrogens is 304 g/mol. The average molecular weight is 328 g/mol. The van der Waals surface area contributed by atoms with E-state index < -0.39 is 0 Å². The minimum absolute atomic E-state index is 0.427. The topological polar surface area (TPSA) is 81.8 Å². The summed E-state index contributed by atoms with van der Waals surface area (Å²) in [6.45, 7) is 3.26. The molecule has 0 radical (unpaired) electrons. The maximum Gasteiger partial charge on any atom is 0.188 e. The van der Waals surface area contributed by atoms with E-state index in [2.05, 4.69) is 22.2 Å². The van der Waals surface area contributed by atoms with Crippen molar-refractivity contribution in [2.45, 2.75) is 19.9 Å². The van der Waals surface area contributed by atoms with Crippen LogP contribution in [0.2, 0.25) is 0 Å². The number of pyridine rings is 1. The highest BCUT2D eigenvalue weighted by Crippen LogP contribution is 2.27. The molecule has 0 fully saturated rings. The molecule has 0 spiro atoms. The Hall–Kier alpha value is -2.76. The van der Waals surface area contributed by atoms with E-state index in [4.69, 9.17) is 15.2 Å². The van der Waals surface area contributed by atoms with Gasteiger partial charge in [0.25, 0.3) is 0 Å². The SMILES string of the molecule is COc1ccc(CN=C(N)NCCc2ccncc2C)cc1OC. The lowest BCUT2D eigenvalue weighted by molar-refractivity contribution is 0.354. The summed E-state index contributed by atoms with van der Waals surface area (Å²) in [5, 5.41) is 3.13. The van der Waals surface area contributed by atoms with E-state index in [9.17, 15) is 0 Å². The molecule has 2 rings (SSSR count). The van der Waals surface area contributed by atoms with Gasteiger partial charge in [-0.15, -0.1) is 0 Å². The summed E-state index contributed by atoms with van der Waals surface area (Å²) in [5.41, 5.74) is 9.36. The van der Waals surface area contributed by atoms with Crippen molar-refractivity contribution in [1.82, 2.24) is 10.3 Å². The largest absolute Gasteiger partial charge is 0.493 e. The predicted octanol–water partition coefficient (Wildman–Crippen LogP) is 2.05. The quantitative estimate of drug-likeness (QED) is 0.600. The first-order valence-electron chi connectivity index (χ1n) is 7.78. The van der Waals surface area contributed by atoms with Gasteiger partial charge in [-0.05, 0) is 48.2 Å². The first kappa shape index (κ1) is 17.6. The lowest BCUT2D eigenvalue weighted by Gasteiger charge is -2.09. The highest BCUT2D eigenvalue weighted by atomic mass is 16.5. The second-order valence-corrected chi connectivity index (χ2v) is 5.37. The van der Waals surface area contributed by atoms with Crippen LogP contribution < -0.4 is 20.5 Å². The van der Waals surface area contributed by atoms with Crippen LogP contribution in [-0.2, 0) is 13.0 Å². The normalized spacial score (nSPS) is 11.2. The van der Waals surface area contributed by atoms with Crippen LogP contribution in [0.15, 0.2) is 41.7 Å². The fraction of sp³-hybridized carbons (Fsp3) is 0.333. The van der Waals surface area contributed by atoms with Crippen LogP contribution in [-0.4, -0.2) is 31.7 Å². The van der Waals surface area contributed by atoms with E-state index >= 15 is 0 Å². The maximum atomic E-state index is 5.92. The smallest absolute Gasteiger partial charge is 0.188 e. The Morgan fingerprint density at radius 2 is 2.00 bits per heavy atom. The highest BCUT2D eigenvalue weighted by molar-refractivity contribution is 5.77. The van der Waals surface area contributed by atoms with Crippen molar-refractivity contribution in [2.75, 3.05) is 20.8 Å². The molecule has 24 heavy (non-hydrogen) atoms. The fourth-order valence-corrected chi connectivity index (χ4v) is 2.32. The van der Waals surface area contributed by atoms with Gasteiger partial charge in [-0.3, -0.25) is 4.98 Å². The van der Waals surface area contributed by atoms with E-state index in [1.54, 1.807) is 20.4 Å². The summed E-state index contributed by atoms with van der Waals surface area (Å²) in [7, 11) is 3.23. The van der Waals surface area contributed by atoms with E-state index in [0.29, 0.717) is 24.0 Å². The van der Waals surface area contributed by atoms with Gasteiger partial charge in [0.05, 0.1) is 20.8 Å². The van der Waals surface area contributed by atoms with Crippen LogP contribution >= 0.6 is 0 Å². The Morgan fingerprint density at radius 1 is 1.21 bits per heavy atom. The molecule has 0 atom stereocenters. The molecule has 6 nitrogen and oxygen atoms in total. The number of nitrogens with two attached hydrogens (primary N) is 1. The zero-order chi connectivity index (χ0) is 17.4. The van der Waals surface area contributed by atoms with Crippen LogP contribution in [0.3, 0.4) is 0 Å². The van der Waals surface area contributed by atoms with Crippen molar-refractivity contribution in [1.29, 1.82) is 0 Å². The average Bonchev–Trinajstić information content (AvgIpc) is 2.61. The summed E-state index contributed by atoms with van der Waals surface area (Å²) in [5.74, 6) is 1.81. The molecule has 0 aliphatic rings. The molecule has 0 saturated carbocycles. The second-order valence-electron chi connectivity index (χ2n) is 5.37. The van der Waals surface area contributed by atoms with Crippen LogP contribution in [0.5, 0.6) is 11.5 Å². The lowest BCUT2D eigenvalue weighted by Crippen LogP contribution is -2.33. The second kappa shape index (κ2) is 8.76. The summed E-state index contributed by atoms with van der Waals surface area (Å²) in [4.78, 5) is 8.44. The fourth-order valence-electron chi connectivity index (χ4n) is 2.32. The first-order chi connectivity index (χ1) is 11.6. The van der Waals surface area contributed by atoms with Crippen LogP contribution in [0.25, 0.3) is 0 Å². The van der Waals surface area contributed by atoms with E-state index in [-0.39, 0.29) is 0 Å². The number of hydrogen-bond acceptors (Lipinski definition) is 4. The molecule has 0 saturated heterocycles. The van der Waals surface area contributed by atoms with Crippen molar-refractivity contribution in [3.05, 3.63) is 53.3 Å². The van der Waals surface area contributed by atoms with Gasteiger partial charge in [-0.1, -0.05) is 6.07 Å². The van der Waals surface area contributed by atoms with Gasteiger partial charge in [0, 0.05) is 18.9 Å².